The van der Waals surface area contributed by atoms with Gasteiger partial charge in [0.05, 0.1) is 106 Å². The fourth-order valence-corrected chi connectivity index (χ4v) is 17.5. The van der Waals surface area contributed by atoms with E-state index in [2.05, 4.69) is 0 Å². The predicted octanol–water partition coefficient (Wildman–Crippen LogP) is 18.3. The van der Waals surface area contributed by atoms with Crippen LogP contribution in [0.25, 0.3) is 0 Å². The molecule has 12 aromatic carbocycles. The van der Waals surface area contributed by atoms with Crippen LogP contribution in [0.2, 0.25) is 0 Å². The van der Waals surface area contributed by atoms with Crippen molar-refractivity contribution in [3.8, 4) is 0 Å². The number of hydrogen-bond acceptors (Lipinski definition) is 21. The van der Waals surface area contributed by atoms with Crippen LogP contribution < -0.4 is 0 Å². The number of aliphatic hydroxyl groups is 1. The summed E-state index contributed by atoms with van der Waals surface area (Å²) in [7, 11) is 0. The second kappa shape index (κ2) is 47.8. The van der Waals surface area contributed by atoms with Gasteiger partial charge in [-0.2, -0.15) is 0 Å². The van der Waals surface area contributed by atoms with Gasteiger partial charge in [-0.25, -0.2) is 4.79 Å². The van der Waals surface area contributed by atoms with Crippen LogP contribution in [0.3, 0.4) is 0 Å². The highest BCUT2D eigenvalue weighted by Gasteiger charge is 2.66. The molecule has 688 valence electrons. The van der Waals surface area contributed by atoms with Crippen LogP contribution >= 0.6 is 0 Å². The van der Waals surface area contributed by atoms with Crippen molar-refractivity contribution >= 4 is 5.97 Å². The van der Waals surface area contributed by atoms with Crippen LogP contribution in [0.1, 0.15) is 87.5 Å². The number of esters is 1. The molecule has 0 saturated carbocycles. The molecule has 4 heterocycles. The highest BCUT2D eigenvalue weighted by atomic mass is 16.8. The van der Waals surface area contributed by atoms with Crippen LogP contribution in [0.5, 0.6) is 0 Å². The Kier molecular flexibility index (Phi) is 34.2. The molecular formula is C111H118O21. The first-order valence-electron chi connectivity index (χ1n) is 45.5. The van der Waals surface area contributed by atoms with E-state index in [-0.39, 0.29) is 106 Å². The number of carbonyl (C=O) groups excluding carboxylic acids is 1. The van der Waals surface area contributed by atoms with Crippen molar-refractivity contribution < 1.29 is 99.9 Å². The van der Waals surface area contributed by atoms with Crippen molar-refractivity contribution in [1.29, 1.82) is 0 Å². The first-order valence-corrected chi connectivity index (χ1v) is 45.5. The van der Waals surface area contributed by atoms with E-state index in [9.17, 15) is 5.11 Å². The van der Waals surface area contributed by atoms with Gasteiger partial charge in [-0.05, 0) is 87.5 Å². The summed E-state index contributed by atoms with van der Waals surface area (Å²) in [5.74, 6) is -7.09. The third-order valence-corrected chi connectivity index (χ3v) is 24.1. The monoisotopic (exact) mass is 1790 g/mol. The molecule has 21 heteroatoms. The zero-order valence-electron chi connectivity index (χ0n) is 74.8. The van der Waals surface area contributed by atoms with E-state index in [1.165, 1.54) is 0 Å². The maximum atomic E-state index is 16.2. The largest absolute Gasteiger partial charge is 0.455 e. The minimum atomic E-state index is -2.15. The van der Waals surface area contributed by atoms with E-state index >= 15 is 4.79 Å². The van der Waals surface area contributed by atoms with Crippen molar-refractivity contribution in [3.05, 3.63) is 431 Å². The number of ether oxygens (including phenoxy) is 19. The Bertz CT molecular complexity index is 5300. The minimum absolute atomic E-state index is 0.00265. The summed E-state index contributed by atoms with van der Waals surface area (Å²) < 4.78 is 141. The maximum Gasteiger partial charge on any atom is 0.338 e. The molecular weight excluding hydrogens is 1670 g/mol. The fourth-order valence-electron chi connectivity index (χ4n) is 17.5. The van der Waals surface area contributed by atoms with Gasteiger partial charge in [-0.3, -0.25) is 0 Å². The summed E-state index contributed by atoms with van der Waals surface area (Å²) in [6.07, 6.45) is -20.5. The molecule has 0 spiro atoms. The molecule has 0 amide bonds. The van der Waals surface area contributed by atoms with Crippen LogP contribution in [-0.2, 0) is 174 Å². The lowest BCUT2D eigenvalue weighted by molar-refractivity contribution is -0.450. The number of hydrogen-bond donors (Lipinski definition) is 1. The summed E-state index contributed by atoms with van der Waals surface area (Å²) >= 11 is 0. The van der Waals surface area contributed by atoms with Gasteiger partial charge in [0.25, 0.3) is 0 Å². The van der Waals surface area contributed by atoms with E-state index in [1.54, 1.807) is 13.8 Å². The number of benzene rings is 12. The molecule has 4 aliphatic rings. The van der Waals surface area contributed by atoms with E-state index in [0.717, 1.165) is 66.8 Å². The molecule has 0 bridgehead atoms. The number of aliphatic hydroxyl groups excluding tert-OH is 1. The van der Waals surface area contributed by atoms with Crippen molar-refractivity contribution in [1.82, 2.24) is 0 Å². The van der Waals surface area contributed by atoms with Crippen molar-refractivity contribution in [3.63, 3.8) is 0 Å². The molecule has 0 aliphatic carbocycles. The molecule has 4 saturated heterocycles. The Morgan fingerprint density at radius 3 is 0.697 bits per heavy atom. The molecule has 0 radical (unpaired) electrons. The van der Waals surface area contributed by atoms with Gasteiger partial charge in [0, 0.05) is 0 Å². The Morgan fingerprint density at radius 1 is 0.227 bits per heavy atom. The highest BCUT2D eigenvalue weighted by molar-refractivity contribution is 5.77. The average molecular weight is 1790 g/mol. The van der Waals surface area contributed by atoms with Crippen molar-refractivity contribution in [2.24, 2.45) is 0 Å². The third-order valence-electron chi connectivity index (χ3n) is 24.1. The van der Waals surface area contributed by atoms with Gasteiger partial charge in [0.15, 0.2) is 29.6 Å². The summed E-state index contributed by atoms with van der Waals surface area (Å²) in [4.78, 5) is 16.2. The van der Waals surface area contributed by atoms with Crippen LogP contribution in [0, 0.1) is 0 Å². The number of carbonyl (C=O) groups is 1. The standard InChI is InChI=1S/C111H118O21/c1-109(105(123-73-89-58-34-13-35-59-89)96(112)97(118-68-84-48-24-8-25-49-84)93(127-109)77-115-65-81-42-18-5-19-43-81)130-102-99(120-70-86-52-28-10-29-53-86)94(78-116-66-82-44-20-6-21-45-82)128-110(2,106(102)124-74-90-60-36-14-37-61-90)131-103-100(121-71-87-54-30-11-31-55-87)95(79-117-67-83-46-22-7-23-47-83)129-111(3,107(103)125-75-91-62-38-15-39-63-91)132-104-101(122-72-88-56-32-12-33-57-88)98(119-69-85-50-26-9-27-51-85)92(126-108(104)113)76-114-64-80-40-16-4-17-41-80/h4-63,92-107,112H,64-79H2,1-3H3/t92-,93-,94-,95-,96+,97-,98-,99-,100-,101+,102+,103+,104+,105+,106+,107+,109-,110-,111-/m1/s1. The summed E-state index contributed by atoms with van der Waals surface area (Å²) in [6, 6.07) is 117. The smallest absolute Gasteiger partial charge is 0.338 e. The molecule has 12 aromatic rings. The summed E-state index contributed by atoms with van der Waals surface area (Å²) in [5.41, 5.74) is 10.1. The molecule has 132 heavy (non-hydrogen) atoms. The summed E-state index contributed by atoms with van der Waals surface area (Å²) in [6.45, 7) is 5.58. The van der Waals surface area contributed by atoms with Gasteiger partial charge in [0.1, 0.15) is 85.5 Å². The van der Waals surface area contributed by atoms with Crippen molar-refractivity contribution in [2.75, 3.05) is 26.4 Å². The van der Waals surface area contributed by atoms with E-state index < -0.39 is 121 Å². The fraction of sp³-hybridized carbons (Fsp3) is 0.342. The van der Waals surface area contributed by atoms with Gasteiger partial charge < -0.3 is 95.1 Å². The average Bonchev–Trinajstić information content (AvgIpc) is 0.723. The van der Waals surface area contributed by atoms with Gasteiger partial charge in [-0.15, -0.1) is 0 Å². The quantitative estimate of drug-likeness (QED) is 0.0351. The second-order valence-electron chi connectivity index (χ2n) is 34.1. The molecule has 1 N–H and O–H groups in total. The lowest BCUT2D eigenvalue weighted by atomic mass is 9.88. The Balaban J connectivity index is 0.870. The second-order valence-corrected chi connectivity index (χ2v) is 34.1. The molecule has 0 aromatic heterocycles. The lowest BCUT2D eigenvalue weighted by Crippen LogP contribution is -2.74. The van der Waals surface area contributed by atoms with Gasteiger partial charge in [0.2, 0.25) is 0 Å². The van der Waals surface area contributed by atoms with Crippen molar-refractivity contribution in [2.45, 2.75) is 215 Å². The highest BCUT2D eigenvalue weighted by Crippen LogP contribution is 2.48. The minimum Gasteiger partial charge on any atom is -0.455 e. The Morgan fingerprint density at radius 2 is 0.424 bits per heavy atom. The topological polar surface area (TPSA) is 213 Å². The van der Waals surface area contributed by atoms with Gasteiger partial charge in [-0.1, -0.05) is 364 Å². The van der Waals surface area contributed by atoms with Crippen LogP contribution in [-0.4, -0.2) is 153 Å². The SMILES string of the molecule is C[C@]1(O[C@H]2[C@H](OCc3ccccc3)[C@@H](COCc3ccccc3)O[C@](C)(O[C@H]3[C@H](OCc4ccccc4)[C@@H](COCc4ccccc4)O[C@](C)(O[C@@H]4C(=O)O[C@H](COCc5ccccc5)[C@@H](OCc5ccccc5)[C@@H]4OCc4ccccc4)[C@H]3OCc3ccccc3)[C@H]2OCc2ccccc2)O[C@H](COCc2ccccc2)[C@@H](OCc2ccccc2)[C@H](O)[C@@H]1OCc1ccccc1. The lowest BCUT2D eigenvalue weighted by Gasteiger charge is -2.58. The molecule has 4 aliphatic heterocycles. The Labute approximate surface area is 773 Å². The first-order chi connectivity index (χ1) is 64.8. The molecule has 21 nitrogen and oxygen atoms in total. The maximum absolute atomic E-state index is 16.2. The molecule has 16 rings (SSSR count). The molecule has 0 unspecified atom stereocenters. The van der Waals surface area contributed by atoms with Crippen LogP contribution in [0.15, 0.2) is 364 Å². The molecule has 4 fully saturated rings. The zero-order valence-corrected chi connectivity index (χ0v) is 74.8. The van der Waals surface area contributed by atoms with Gasteiger partial charge >= 0.3 is 5.97 Å². The van der Waals surface area contributed by atoms with E-state index in [1.807, 2.05) is 371 Å². The van der Waals surface area contributed by atoms with E-state index in [4.69, 9.17) is 90.0 Å². The first kappa shape index (κ1) is 94.5. The number of cyclic esters (lactones) is 1. The Hall–Kier alpha value is -10.7. The predicted molar refractivity (Wildman–Crippen MR) is 495 cm³/mol. The zero-order chi connectivity index (χ0) is 90.4. The third kappa shape index (κ3) is 26.0. The van der Waals surface area contributed by atoms with E-state index in [0.29, 0.717) is 0 Å². The van der Waals surface area contributed by atoms with Crippen LogP contribution in [0.4, 0.5) is 0 Å². The normalized spacial score (nSPS) is 26.6. The molecule has 19 atom stereocenters. The number of rotatable bonds is 46. The summed E-state index contributed by atoms with van der Waals surface area (Å²) in [5, 5.41) is 13.8.